The number of hydrogen-bond donors (Lipinski definition) is 2. The number of benzene rings is 2. The summed E-state index contributed by atoms with van der Waals surface area (Å²) in [5.41, 5.74) is 3.16. The molecule has 0 unspecified atom stereocenters. The molecule has 4 rings (SSSR count). The molecule has 0 saturated heterocycles. The summed E-state index contributed by atoms with van der Waals surface area (Å²) in [5, 5.41) is 5.85. The Kier molecular flexibility index (Phi) is 4.57. The van der Waals surface area contributed by atoms with Crippen molar-refractivity contribution in [3.63, 3.8) is 0 Å². The number of nitrogens with one attached hydrogen (secondary N) is 2. The Morgan fingerprint density at radius 2 is 1.86 bits per heavy atom. The molecule has 7 nitrogen and oxygen atoms in total. The zero-order valence-corrected chi connectivity index (χ0v) is 15.4. The SMILES string of the molecule is CC(=O)Nc1cccc(C(=O)N2CCc3[nH]n(-c4ccccc4)c(=O)c3C2)c1. The van der Waals surface area contributed by atoms with Crippen molar-refractivity contribution in [1.29, 1.82) is 0 Å². The number of nitrogens with zero attached hydrogens (tertiary/aromatic N) is 2. The number of H-pyrrole nitrogens is 1. The van der Waals surface area contributed by atoms with Crippen LogP contribution in [0.4, 0.5) is 5.69 Å². The fourth-order valence-corrected chi connectivity index (χ4v) is 3.45. The largest absolute Gasteiger partial charge is 0.334 e. The predicted octanol–water partition coefficient (Wildman–Crippen LogP) is 2.32. The molecule has 3 aromatic rings. The lowest BCUT2D eigenvalue weighted by molar-refractivity contribution is -0.114. The van der Waals surface area contributed by atoms with Crippen LogP contribution in [-0.2, 0) is 17.8 Å². The van der Waals surface area contributed by atoms with Crippen LogP contribution in [0, 0.1) is 0 Å². The highest BCUT2D eigenvalue weighted by Gasteiger charge is 2.26. The highest BCUT2D eigenvalue weighted by atomic mass is 16.2. The maximum absolute atomic E-state index is 12.9. The molecule has 1 aliphatic rings. The van der Waals surface area contributed by atoms with Crippen LogP contribution in [0.3, 0.4) is 0 Å². The normalized spacial score (nSPS) is 13.1. The summed E-state index contributed by atoms with van der Waals surface area (Å²) in [6.07, 6.45) is 0.585. The molecular weight excluding hydrogens is 356 g/mol. The Balaban J connectivity index is 1.59. The second-order valence-corrected chi connectivity index (χ2v) is 6.78. The molecule has 0 radical (unpaired) electrons. The Labute approximate surface area is 161 Å². The Hall–Kier alpha value is -3.61. The number of hydrogen-bond acceptors (Lipinski definition) is 3. The third kappa shape index (κ3) is 3.34. The van der Waals surface area contributed by atoms with E-state index < -0.39 is 0 Å². The van der Waals surface area contributed by atoms with Crippen molar-refractivity contribution in [2.75, 3.05) is 11.9 Å². The summed E-state index contributed by atoms with van der Waals surface area (Å²) in [6, 6.07) is 16.2. The number of aromatic amines is 1. The van der Waals surface area contributed by atoms with Gasteiger partial charge in [0.1, 0.15) is 0 Å². The number of amides is 2. The minimum absolute atomic E-state index is 0.134. The van der Waals surface area contributed by atoms with Crippen molar-refractivity contribution in [2.45, 2.75) is 19.9 Å². The van der Waals surface area contributed by atoms with Gasteiger partial charge in [0.05, 0.1) is 17.8 Å². The van der Waals surface area contributed by atoms with Crippen LogP contribution in [0.5, 0.6) is 0 Å². The van der Waals surface area contributed by atoms with Crippen LogP contribution in [0.25, 0.3) is 5.69 Å². The summed E-state index contributed by atoms with van der Waals surface area (Å²) in [5.74, 6) is -0.356. The third-order valence-electron chi connectivity index (χ3n) is 4.78. The van der Waals surface area contributed by atoms with E-state index in [1.165, 1.54) is 11.6 Å². The molecule has 0 bridgehead atoms. The van der Waals surface area contributed by atoms with Gasteiger partial charge in [-0.3, -0.25) is 19.5 Å². The van der Waals surface area contributed by atoms with E-state index in [2.05, 4.69) is 10.4 Å². The molecule has 7 heteroatoms. The second kappa shape index (κ2) is 7.19. The van der Waals surface area contributed by atoms with Crippen molar-refractivity contribution in [1.82, 2.24) is 14.7 Å². The van der Waals surface area contributed by atoms with E-state index in [1.54, 1.807) is 29.2 Å². The topological polar surface area (TPSA) is 87.2 Å². The molecule has 2 aromatic carbocycles. The molecule has 1 aromatic heterocycles. The van der Waals surface area contributed by atoms with Gasteiger partial charge in [-0.15, -0.1) is 0 Å². The zero-order valence-electron chi connectivity index (χ0n) is 15.4. The van der Waals surface area contributed by atoms with Crippen LogP contribution in [0.2, 0.25) is 0 Å². The highest BCUT2D eigenvalue weighted by Crippen LogP contribution is 2.19. The first-order chi connectivity index (χ1) is 13.5. The lowest BCUT2D eigenvalue weighted by Gasteiger charge is -2.26. The number of carbonyl (C=O) groups excluding carboxylic acids is 2. The first-order valence-electron chi connectivity index (χ1n) is 9.08. The Morgan fingerprint density at radius 3 is 2.61 bits per heavy atom. The van der Waals surface area contributed by atoms with Gasteiger partial charge in [-0.2, -0.15) is 0 Å². The van der Waals surface area contributed by atoms with Gasteiger partial charge in [-0.25, -0.2) is 4.68 Å². The maximum atomic E-state index is 12.9. The van der Waals surface area contributed by atoms with E-state index in [4.69, 9.17) is 0 Å². The van der Waals surface area contributed by atoms with Gasteiger partial charge in [0.15, 0.2) is 0 Å². The maximum Gasteiger partial charge on any atom is 0.276 e. The van der Waals surface area contributed by atoms with Crippen molar-refractivity contribution in [3.05, 3.63) is 81.8 Å². The first kappa shape index (κ1) is 17.8. The predicted molar refractivity (Wildman–Crippen MR) is 106 cm³/mol. The van der Waals surface area contributed by atoms with Crippen molar-refractivity contribution >= 4 is 17.5 Å². The molecule has 2 N–H and O–H groups in total. The average molecular weight is 376 g/mol. The lowest BCUT2D eigenvalue weighted by Crippen LogP contribution is -2.37. The Morgan fingerprint density at radius 1 is 1.07 bits per heavy atom. The Bertz CT molecular complexity index is 1100. The lowest BCUT2D eigenvalue weighted by atomic mass is 10.1. The molecule has 2 amide bonds. The minimum atomic E-state index is -0.194. The molecule has 142 valence electrons. The van der Waals surface area contributed by atoms with Gasteiger partial charge >= 0.3 is 0 Å². The molecular formula is C21H20N4O3. The number of para-hydroxylation sites is 1. The fourth-order valence-electron chi connectivity index (χ4n) is 3.45. The van der Waals surface area contributed by atoms with E-state index in [0.717, 1.165) is 11.4 Å². The summed E-state index contributed by atoms with van der Waals surface area (Å²) >= 11 is 0. The van der Waals surface area contributed by atoms with Crippen LogP contribution in [0.1, 0.15) is 28.5 Å². The van der Waals surface area contributed by atoms with Gasteiger partial charge in [0.2, 0.25) is 5.91 Å². The fraction of sp³-hybridized carbons (Fsp3) is 0.190. The molecule has 0 spiro atoms. The van der Waals surface area contributed by atoms with Gasteiger partial charge < -0.3 is 10.2 Å². The van der Waals surface area contributed by atoms with E-state index in [0.29, 0.717) is 29.8 Å². The molecule has 0 atom stereocenters. The molecule has 1 aliphatic heterocycles. The minimum Gasteiger partial charge on any atom is -0.334 e. The smallest absolute Gasteiger partial charge is 0.276 e. The molecule has 0 fully saturated rings. The second-order valence-electron chi connectivity index (χ2n) is 6.78. The molecule has 28 heavy (non-hydrogen) atoms. The number of aromatic nitrogens is 2. The quantitative estimate of drug-likeness (QED) is 0.735. The van der Waals surface area contributed by atoms with E-state index in [1.807, 2.05) is 30.3 Å². The highest BCUT2D eigenvalue weighted by molar-refractivity contribution is 5.96. The van der Waals surface area contributed by atoms with Gasteiger partial charge in [-0.05, 0) is 30.3 Å². The summed E-state index contributed by atoms with van der Waals surface area (Å²) < 4.78 is 1.52. The van der Waals surface area contributed by atoms with Crippen LogP contribution >= 0.6 is 0 Å². The van der Waals surface area contributed by atoms with Gasteiger partial charge in [-0.1, -0.05) is 24.3 Å². The third-order valence-corrected chi connectivity index (χ3v) is 4.78. The van der Waals surface area contributed by atoms with Crippen LogP contribution in [0.15, 0.2) is 59.4 Å². The van der Waals surface area contributed by atoms with Gasteiger partial charge in [0, 0.05) is 36.8 Å². The number of fused-ring (bicyclic) bond motifs is 1. The zero-order chi connectivity index (χ0) is 19.7. The van der Waals surface area contributed by atoms with Crippen molar-refractivity contribution in [3.8, 4) is 5.69 Å². The monoisotopic (exact) mass is 376 g/mol. The van der Waals surface area contributed by atoms with E-state index in [-0.39, 0.29) is 23.9 Å². The number of carbonyl (C=O) groups is 2. The number of rotatable bonds is 3. The first-order valence-corrected chi connectivity index (χ1v) is 9.08. The van der Waals surface area contributed by atoms with Gasteiger partial charge in [0.25, 0.3) is 11.5 Å². The van der Waals surface area contributed by atoms with Crippen molar-refractivity contribution in [2.24, 2.45) is 0 Å². The summed E-state index contributed by atoms with van der Waals surface area (Å²) in [4.78, 5) is 38.7. The van der Waals surface area contributed by atoms with E-state index in [9.17, 15) is 14.4 Å². The van der Waals surface area contributed by atoms with Crippen molar-refractivity contribution < 1.29 is 9.59 Å². The average Bonchev–Trinajstić information content (AvgIpc) is 3.04. The molecule has 0 saturated carbocycles. The molecule has 2 heterocycles. The number of anilines is 1. The molecule has 0 aliphatic carbocycles. The summed E-state index contributed by atoms with van der Waals surface area (Å²) in [7, 11) is 0. The van der Waals surface area contributed by atoms with Crippen LogP contribution < -0.4 is 10.9 Å². The van der Waals surface area contributed by atoms with E-state index >= 15 is 0 Å². The summed E-state index contributed by atoms with van der Waals surface area (Å²) in [6.45, 7) is 2.20. The van der Waals surface area contributed by atoms with Crippen LogP contribution in [-0.4, -0.2) is 33.0 Å². The standard InChI is InChI=1S/C21H20N4O3/c1-14(26)22-16-7-5-6-15(12-16)20(27)24-11-10-19-18(13-24)21(28)25(23-19)17-8-3-2-4-9-17/h2-9,12,23H,10-11,13H2,1H3,(H,22,26).